The molecule has 25 heavy (non-hydrogen) atoms. The van der Waals surface area contributed by atoms with E-state index in [1.54, 1.807) is 4.90 Å². The number of carbonyl (C=O) groups excluding carboxylic acids is 1. The van der Waals surface area contributed by atoms with Gasteiger partial charge in [0, 0.05) is 26.1 Å². The summed E-state index contributed by atoms with van der Waals surface area (Å²) in [6, 6.07) is -0.491. The van der Waals surface area contributed by atoms with Crippen molar-refractivity contribution in [1.82, 2.24) is 30.7 Å². The molecule has 3 heterocycles. The highest BCUT2D eigenvalue weighted by molar-refractivity contribution is 5.83. The van der Waals surface area contributed by atoms with Gasteiger partial charge in [-0.1, -0.05) is 5.21 Å². The molecule has 2 atom stereocenters. The third kappa shape index (κ3) is 3.72. The second kappa shape index (κ2) is 6.33. The minimum atomic E-state index is -4.53. The van der Waals surface area contributed by atoms with Crippen molar-refractivity contribution >= 4 is 22.9 Å². The fourth-order valence-electron chi connectivity index (χ4n) is 2.57. The maximum absolute atomic E-state index is 12.7. The summed E-state index contributed by atoms with van der Waals surface area (Å²) in [6.07, 6.45) is -5.91. The van der Waals surface area contributed by atoms with Crippen molar-refractivity contribution in [2.24, 2.45) is 0 Å². The van der Waals surface area contributed by atoms with Crippen LogP contribution in [0.4, 0.5) is 19.0 Å². The van der Waals surface area contributed by atoms with E-state index >= 15 is 0 Å². The first-order chi connectivity index (χ1) is 11.7. The van der Waals surface area contributed by atoms with Crippen LogP contribution in [0.25, 0.3) is 11.2 Å². The molecule has 2 N–H and O–H groups in total. The van der Waals surface area contributed by atoms with Gasteiger partial charge in [0.15, 0.2) is 23.1 Å². The number of ether oxygens (including phenoxy) is 1. The highest BCUT2D eigenvalue weighted by Crippen LogP contribution is 2.28. The lowest BCUT2D eigenvalue weighted by molar-refractivity contribution is -0.190. The fourth-order valence-corrected chi connectivity index (χ4v) is 2.57. The standard InChI is InChI=1S/C13H16F3N7O2/c1-6(13(14,15)16)25-12-18-10-9(20-22-21-10)11(19-12)23-4-3-8(5-23)17-7(2)24/h6,8H,3-5H2,1-2H3,(H,17,24)(H,18,19,20,21,22)/t6-,8-/m0/s1. The van der Waals surface area contributed by atoms with Crippen molar-refractivity contribution in [3.05, 3.63) is 0 Å². The number of aromatic nitrogens is 5. The van der Waals surface area contributed by atoms with Crippen LogP contribution in [0, 0.1) is 0 Å². The van der Waals surface area contributed by atoms with Crippen LogP contribution in [0.15, 0.2) is 0 Å². The lowest BCUT2D eigenvalue weighted by Gasteiger charge is -2.20. The molecule has 1 fully saturated rings. The Morgan fingerprint density at radius 1 is 1.44 bits per heavy atom. The maximum atomic E-state index is 12.7. The fraction of sp³-hybridized carbons (Fsp3) is 0.615. The quantitative estimate of drug-likeness (QED) is 0.831. The summed E-state index contributed by atoms with van der Waals surface area (Å²) in [5, 5.41) is 12.8. The van der Waals surface area contributed by atoms with Gasteiger partial charge in [0.1, 0.15) is 0 Å². The van der Waals surface area contributed by atoms with E-state index in [1.165, 1.54) is 6.92 Å². The van der Waals surface area contributed by atoms with Crippen LogP contribution < -0.4 is 15.0 Å². The van der Waals surface area contributed by atoms with Crippen LogP contribution in [0.5, 0.6) is 6.01 Å². The zero-order chi connectivity index (χ0) is 18.2. The molecule has 1 aliphatic heterocycles. The van der Waals surface area contributed by atoms with Gasteiger partial charge in [0.25, 0.3) is 0 Å². The molecule has 1 amide bonds. The number of fused-ring (bicyclic) bond motifs is 1. The van der Waals surface area contributed by atoms with Crippen molar-refractivity contribution in [3.8, 4) is 6.01 Å². The molecule has 0 saturated carbocycles. The van der Waals surface area contributed by atoms with E-state index in [0.29, 0.717) is 30.8 Å². The van der Waals surface area contributed by atoms with E-state index < -0.39 is 18.3 Å². The number of nitrogens with one attached hydrogen (secondary N) is 2. The van der Waals surface area contributed by atoms with E-state index in [0.717, 1.165) is 6.92 Å². The monoisotopic (exact) mass is 359 g/mol. The van der Waals surface area contributed by atoms with Crippen LogP contribution >= 0.6 is 0 Å². The molecule has 136 valence electrons. The zero-order valence-corrected chi connectivity index (χ0v) is 13.5. The molecule has 0 aromatic carbocycles. The Morgan fingerprint density at radius 2 is 2.20 bits per heavy atom. The Morgan fingerprint density at radius 3 is 2.88 bits per heavy atom. The summed E-state index contributed by atoms with van der Waals surface area (Å²) in [6.45, 7) is 3.31. The highest BCUT2D eigenvalue weighted by atomic mass is 19.4. The molecule has 1 aliphatic rings. The first kappa shape index (κ1) is 17.2. The lowest BCUT2D eigenvalue weighted by Crippen LogP contribution is -2.36. The molecule has 1 saturated heterocycles. The summed E-state index contributed by atoms with van der Waals surface area (Å²) >= 11 is 0. The Hall–Kier alpha value is -2.66. The van der Waals surface area contributed by atoms with Gasteiger partial charge in [0.05, 0.1) is 0 Å². The van der Waals surface area contributed by atoms with Gasteiger partial charge in [-0.25, -0.2) is 5.10 Å². The summed E-state index contributed by atoms with van der Waals surface area (Å²) in [4.78, 5) is 20.9. The number of H-pyrrole nitrogens is 1. The summed E-state index contributed by atoms with van der Waals surface area (Å²) in [5.74, 6) is 0.167. The Labute approximate surface area is 139 Å². The second-order valence-corrected chi connectivity index (χ2v) is 5.77. The molecule has 0 unspecified atom stereocenters. The average Bonchev–Trinajstić information content (AvgIpc) is 3.13. The molecule has 0 spiro atoms. The maximum Gasteiger partial charge on any atom is 0.425 e. The number of aromatic amines is 1. The number of anilines is 1. The minimum Gasteiger partial charge on any atom is -0.451 e. The molecule has 3 rings (SSSR count). The molecule has 2 aromatic heterocycles. The molecular weight excluding hydrogens is 343 g/mol. The molecule has 0 aliphatic carbocycles. The molecule has 0 bridgehead atoms. The third-order valence-electron chi connectivity index (χ3n) is 3.79. The number of hydrogen-bond donors (Lipinski definition) is 2. The summed E-state index contributed by atoms with van der Waals surface area (Å²) < 4.78 is 42.9. The van der Waals surface area contributed by atoms with Gasteiger partial charge in [-0.05, 0) is 13.3 Å². The third-order valence-corrected chi connectivity index (χ3v) is 3.79. The Balaban J connectivity index is 1.87. The van der Waals surface area contributed by atoms with Gasteiger partial charge in [-0.2, -0.15) is 23.1 Å². The molecular formula is C13H16F3N7O2. The highest BCUT2D eigenvalue weighted by Gasteiger charge is 2.39. The second-order valence-electron chi connectivity index (χ2n) is 5.77. The molecule has 2 aromatic rings. The van der Waals surface area contributed by atoms with Crippen molar-refractivity contribution in [2.45, 2.75) is 38.6 Å². The predicted octanol–water partition coefficient (Wildman–Crippen LogP) is 0.792. The van der Waals surface area contributed by atoms with Crippen LogP contribution in [-0.4, -0.2) is 62.7 Å². The normalized spacial score (nSPS) is 19.2. The van der Waals surface area contributed by atoms with Gasteiger partial charge in [0.2, 0.25) is 5.91 Å². The van der Waals surface area contributed by atoms with Crippen molar-refractivity contribution in [1.29, 1.82) is 0 Å². The van der Waals surface area contributed by atoms with E-state index in [4.69, 9.17) is 4.74 Å². The van der Waals surface area contributed by atoms with Crippen molar-refractivity contribution in [2.75, 3.05) is 18.0 Å². The Kier molecular flexibility index (Phi) is 4.35. The van der Waals surface area contributed by atoms with Gasteiger partial charge < -0.3 is 15.0 Å². The number of alkyl halides is 3. The number of nitrogens with zero attached hydrogens (tertiary/aromatic N) is 5. The topological polar surface area (TPSA) is 109 Å². The summed E-state index contributed by atoms with van der Waals surface area (Å²) in [7, 11) is 0. The SMILES string of the molecule is CC(=O)N[C@H]1CCN(c2nc(O[C@@H](C)C(F)(F)F)nc3[nH]nnc23)C1. The smallest absolute Gasteiger partial charge is 0.425 e. The van der Waals surface area contributed by atoms with Crippen LogP contribution in [0.2, 0.25) is 0 Å². The molecule has 9 nitrogen and oxygen atoms in total. The zero-order valence-electron chi connectivity index (χ0n) is 13.5. The lowest BCUT2D eigenvalue weighted by atomic mass is 10.3. The predicted molar refractivity (Wildman–Crippen MR) is 80.1 cm³/mol. The number of halogens is 3. The van der Waals surface area contributed by atoms with E-state index in [9.17, 15) is 18.0 Å². The van der Waals surface area contributed by atoms with Crippen LogP contribution in [0.3, 0.4) is 0 Å². The number of rotatable bonds is 4. The van der Waals surface area contributed by atoms with E-state index in [-0.39, 0.29) is 17.6 Å². The van der Waals surface area contributed by atoms with Gasteiger partial charge in [-0.15, -0.1) is 5.10 Å². The average molecular weight is 359 g/mol. The van der Waals surface area contributed by atoms with Crippen LogP contribution in [0.1, 0.15) is 20.3 Å². The summed E-state index contributed by atoms with van der Waals surface area (Å²) in [5.41, 5.74) is 0.507. The van der Waals surface area contributed by atoms with Crippen molar-refractivity contribution in [3.63, 3.8) is 0 Å². The number of amides is 1. The number of carbonyl (C=O) groups is 1. The van der Waals surface area contributed by atoms with Gasteiger partial charge in [-0.3, -0.25) is 4.79 Å². The van der Waals surface area contributed by atoms with E-state index in [2.05, 4.69) is 30.7 Å². The van der Waals surface area contributed by atoms with E-state index in [1.807, 2.05) is 0 Å². The van der Waals surface area contributed by atoms with Crippen LogP contribution in [-0.2, 0) is 4.79 Å². The molecule has 0 radical (unpaired) electrons. The molecule has 12 heteroatoms. The largest absolute Gasteiger partial charge is 0.451 e. The first-order valence-electron chi connectivity index (χ1n) is 7.58. The Bertz CT molecular complexity index is 779. The number of hydrogen-bond acceptors (Lipinski definition) is 7. The minimum absolute atomic E-state index is 0.0760. The van der Waals surface area contributed by atoms with Crippen molar-refractivity contribution < 1.29 is 22.7 Å². The first-order valence-corrected chi connectivity index (χ1v) is 7.58. The van der Waals surface area contributed by atoms with Gasteiger partial charge >= 0.3 is 12.2 Å².